The Morgan fingerprint density at radius 3 is 2.84 bits per heavy atom. The summed E-state index contributed by atoms with van der Waals surface area (Å²) in [5.41, 5.74) is 2.71. The maximum absolute atomic E-state index is 12.4. The zero-order chi connectivity index (χ0) is 14.0. The lowest BCUT2D eigenvalue weighted by Gasteiger charge is -2.18. The van der Waals surface area contributed by atoms with E-state index in [1.165, 1.54) is 0 Å². The van der Waals surface area contributed by atoms with E-state index in [9.17, 15) is 4.79 Å². The first-order chi connectivity index (χ1) is 8.99. The smallest absolute Gasteiger partial charge is 0.254 e. The van der Waals surface area contributed by atoms with Crippen LogP contribution in [0.3, 0.4) is 0 Å². The van der Waals surface area contributed by atoms with E-state index in [1.807, 2.05) is 38.4 Å². The minimum atomic E-state index is 0.0163. The second-order valence-corrected chi connectivity index (χ2v) is 5.45. The van der Waals surface area contributed by atoms with E-state index in [1.54, 1.807) is 22.8 Å². The third-order valence-electron chi connectivity index (χ3n) is 3.02. The Balaban J connectivity index is 2.17. The molecule has 0 radical (unpaired) electrons. The van der Waals surface area contributed by atoms with Crippen molar-refractivity contribution in [3.05, 3.63) is 51.8 Å². The molecule has 0 fully saturated rings. The maximum Gasteiger partial charge on any atom is 0.254 e. The van der Waals surface area contributed by atoms with Crippen molar-refractivity contribution in [1.29, 1.82) is 0 Å². The van der Waals surface area contributed by atoms with Crippen LogP contribution in [0.5, 0.6) is 0 Å². The molecule has 1 aromatic carbocycles. The lowest BCUT2D eigenvalue weighted by Crippen LogP contribution is -2.26. The molecule has 2 rings (SSSR count). The fraction of sp³-hybridized carbons (Fsp3) is 0.286. The lowest BCUT2D eigenvalue weighted by molar-refractivity contribution is 0.0784. The van der Waals surface area contributed by atoms with E-state index in [0.717, 1.165) is 21.2 Å². The van der Waals surface area contributed by atoms with Gasteiger partial charge < -0.3 is 4.90 Å². The van der Waals surface area contributed by atoms with Gasteiger partial charge >= 0.3 is 0 Å². The summed E-state index contributed by atoms with van der Waals surface area (Å²) in [6.07, 6.45) is 3.69. The van der Waals surface area contributed by atoms with Crippen molar-refractivity contribution in [1.82, 2.24) is 14.7 Å². The van der Waals surface area contributed by atoms with Crippen LogP contribution in [0.25, 0.3) is 0 Å². The van der Waals surface area contributed by atoms with E-state index in [4.69, 9.17) is 0 Å². The van der Waals surface area contributed by atoms with Gasteiger partial charge in [0.2, 0.25) is 0 Å². The Morgan fingerprint density at radius 2 is 2.21 bits per heavy atom. The molecular formula is C14H16BrN3O. The Bertz CT molecular complexity index is 606. The number of hydrogen-bond acceptors (Lipinski definition) is 2. The molecule has 0 atom stereocenters. The van der Waals surface area contributed by atoms with Crippen LogP contribution in [-0.2, 0) is 13.6 Å². The first-order valence-electron chi connectivity index (χ1n) is 5.97. The number of aryl methyl sites for hydroxylation is 1. The molecule has 1 heterocycles. The molecule has 0 N–H and O–H groups in total. The maximum atomic E-state index is 12.4. The van der Waals surface area contributed by atoms with Crippen LogP contribution in [0, 0.1) is 6.92 Å². The standard InChI is InChI=1S/C14H16BrN3O/c1-10-12(5-4-6-13(10)15)14(19)17(2)8-11-7-16-18(3)9-11/h4-7,9H,8H2,1-3H3. The number of benzene rings is 1. The zero-order valence-corrected chi connectivity index (χ0v) is 12.8. The molecule has 0 spiro atoms. The van der Waals surface area contributed by atoms with Crippen molar-refractivity contribution in [2.45, 2.75) is 13.5 Å². The monoisotopic (exact) mass is 321 g/mol. The summed E-state index contributed by atoms with van der Waals surface area (Å²) in [5, 5.41) is 4.10. The highest BCUT2D eigenvalue weighted by Gasteiger charge is 2.15. The lowest BCUT2D eigenvalue weighted by atomic mass is 10.1. The molecule has 0 aliphatic carbocycles. The molecule has 2 aromatic rings. The number of nitrogens with zero attached hydrogens (tertiary/aromatic N) is 3. The second kappa shape index (κ2) is 5.57. The number of carbonyl (C=O) groups excluding carboxylic acids is 1. The highest BCUT2D eigenvalue weighted by Crippen LogP contribution is 2.20. The fourth-order valence-corrected chi connectivity index (χ4v) is 2.31. The first kappa shape index (κ1) is 13.8. The van der Waals surface area contributed by atoms with Gasteiger partial charge in [-0.1, -0.05) is 22.0 Å². The van der Waals surface area contributed by atoms with Crippen molar-refractivity contribution in [3.63, 3.8) is 0 Å². The van der Waals surface area contributed by atoms with Crippen molar-refractivity contribution in [2.24, 2.45) is 7.05 Å². The average molecular weight is 322 g/mol. The highest BCUT2D eigenvalue weighted by molar-refractivity contribution is 9.10. The predicted molar refractivity (Wildman–Crippen MR) is 77.9 cm³/mol. The largest absolute Gasteiger partial charge is 0.337 e. The summed E-state index contributed by atoms with van der Waals surface area (Å²) in [4.78, 5) is 14.1. The number of rotatable bonds is 3. The van der Waals surface area contributed by atoms with Crippen LogP contribution >= 0.6 is 15.9 Å². The van der Waals surface area contributed by atoms with Crippen LogP contribution < -0.4 is 0 Å². The summed E-state index contributed by atoms with van der Waals surface area (Å²) < 4.78 is 2.69. The van der Waals surface area contributed by atoms with Gasteiger partial charge in [0, 0.05) is 42.4 Å². The average Bonchev–Trinajstić information content (AvgIpc) is 2.77. The van der Waals surface area contributed by atoms with Gasteiger partial charge in [0.15, 0.2) is 0 Å². The number of halogens is 1. The summed E-state index contributed by atoms with van der Waals surface area (Å²) in [6.45, 7) is 2.49. The van der Waals surface area contributed by atoms with Crippen molar-refractivity contribution in [2.75, 3.05) is 7.05 Å². The van der Waals surface area contributed by atoms with Gasteiger partial charge in [-0.25, -0.2) is 0 Å². The van der Waals surface area contributed by atoms with Gasteiger partial charge in [0.25, 0.3) is 5.91 Å². The highest BCUT2D eigenvalue weighted by atomic mass is 79.9. The van der Waals surface area contributed by atoms with Gasteiger partial charge in [-0.05, 0) is 24.6 Å². The van der Waals surface area contributed by atoms with E-state index in [2.05, 4.69) is 21.0 Å². The van der Waals surface area contributed by atoms with Crippen molar-refractivity contribution < 1.29 is 4.79 Å². The molecule has 1 aromatic heterocycles. The van der Waals surface area contributed by atoms with Crippen LogP contribution in [0.15, 0.2) is 35.1 Å². The molecule has 19 heavy (non-hydrogen) atoms. The minimum Gasteiger partial charge on any atom is -0.337 e. The summed E-state index contributed by atoms with van der Waals surface area (Å²) in [6, 6.07) is 5.66. The van der Waals surface area contributed by atoms with Crippen molar-refractivity contribution >= 4 is 21.8 Å². The Hall–Kier alpha value is -1.62. The molecule has 0 saturated carbocycles. The van der Waals surface area contributed by atoms with E-state index in [0.29, 0.717) is 6.54 Å². The van der Waals surface area contributed by atoms with Crippen LogP contribution in [0.4, 0.5) is 0 Å². The number of amides is 1. The molecule has 0 bridgehead atoms. The third-order valence-corrected chi connectivity index (χ3v) is 3.88. The molecule has 1 amide bonds. The molecule has 0 aliphatic heterocycles. The number of carbonyl (C=O) groups is 1. The SMILES string of the molecule is Cc1c(Br)cccc1C(=O)N(C)Cc1cnn(C)c1. The molecule has 4 nitrogen and oxygen atoms in total. The van der Waals surface area contributed by atoms with Gasteiger partial charge in [-0.15, -0.1) is 0 Å². The molecule has 0 unspecified atom stereocenters. The quantitative estimate of drug-likeness (QED) is 0.871. The molecule has 5 heteroatoms. The van der Waals surface area contributed by atoms with Gasteiger partial charge in [-0.3, -0.25) is 9.48 Å². The Labute approximate surface area is 121 Å². The summed E-state index contributed by atoms with van der Waals surface area (Å²) in [5.74, 6) is 0.0163. The number of hydrogen-bond donors (Lipinski definition) is 0. The second-order valence-electron chi connectivity index (χ2n) is 4.60. The van der Waals surface area contributed by atoms with Crippen LogP contribution in [0.1, 0.15) is 21.5 Å². The van der Waals surface area contributed by atoms with Crippen LogP contribution in [0.2, 0.25) is 0 Å². The van der Waals surface area contributed by atoms with Crippen LogP contribution in [-0.4, -0.2) is 27.6 Å². The Kier molecular flexibility index (Phi) is 4.04. The van der Waals surface area contributed by atoms with Gasteiger partial charge in [-0.2, -0.15) is 5.10 Å². The molecule has 100 valence electrons. The summed E-state index contributed by atoms with van der Waals surface area (Å²) in [7, 11) is 3.67. The predicted octanol–water partition coefficient (Wildman–Crippen LogP) is 2.76. The first-order valence-corrected chi connectivity index (χ1v) is 6.76. The minimum absolute atomic E-state index is 0.0163. The molecule has 0 saturated heterocycles. The zero-order valence-electron chi connectivity index (χ0n) is 11.2. The molecule has 0 aliphatic rings. The van der Waals surface area contributed by atoms with E-state index in [-0.39, 0.29) is 5.91 Å². The normalized spacial score (nSPS) is 10.5. The third kappa shape index (κ3) is 3.04. The van der Waals surface area contributed by atoms with Crippen molar-refractivity contribution in [3.8, 4) is 0 Å². The van der Waals surface area contributed by atoms with E-state index >= 15 is 0 Å². The Morgan fingerprint density at radius 1 is 1.47 bits per heavy atom. The summed E-state index contributed by atoms with van der Waals surface area (Å²) >= 11 is 3.45. The molecular weight excluding hydrogens is 306 g/mol. The topological polar surface area (TPSA) is 38.1 Å². The number of aromatic nitrogens is 2. The van der Waals surface area contributed by atoms with Gasteiger partial charge in [0.1, 0.15) is 0 Å². The fourth-order valence-electron chi connectivity index (χ4n) is 1.94. The van der Waals surface area contributed by atoms with E-state index < -0.39 is 0 Å². The van der Waals surface area contributed by atoms with Gasteiger partial charge in [0.05, 0.1) is 6.20 Å².